The Hall–Kier alpha value is -1.29. The SMILES string of the molecule is CC1NCCC1C(=O)c1ccc(F)c(F)c1. The number of ketones is 1. The molecule has 1 heterocycles. The molecule has 0 spiro atoms. The van der Waals surface area contributed by atoms with E-state index in [9.17, 15) is 13.6 Å². The van der Waals surface area contributed by atoms with Crippen LogP contribution in [0.5, 0.6) is 0 Å². The Morgan fingerprint density at radius 3 is 2.69 bits per heavy atom. The minimum absolute atomic E-state index is 0.0978. The molecule has 4 heteroatoms. The van der Waals surface area contributed by atoms with Gasteiger partial charge in [0.25, 0.3) is 0 Å². The van der Waals surface area contributed by atoms with Crippen LogP contribution in [-0.2, 0) is 0 Å². The number of hydrogen-bond donors (Lipinski definition) is 1. The van der Waals surface area contributed by atoms with Crippen molar-refractivity contribution in [3.05, 3.63) is 35.4 Å². The minimum atomic E-state index is -0.968. The highest BCUT2D eigenvalue weighted by atomic mass is 19.2. The second-order valence-electron chi connectivity index (χ2n) is 4.13. The van der Waals surface area contributed by atoms with Crippen LogP contribution in [0.2, 0.25) is 0 Å². The third kappa shape index (κ3) is 1.97. The van der Waals surface area contributed by atoms with Gasteiger partial charge >= 0.3 is 0 Å². The first-order valence-electron chi connectivity index (χ1n) is 5.32. The zero-order valence-electron chi connectivity index (χ0n) is 8.97. The summed E-state index contributed by atoms with van der Waals surface area (Å²) in [6.45, 7) is 2.72. The summed E-state index contributed by atoms with van der Waals surface area (Å²) in [7, 11) is 0. The monoisotopic (exact) mass is 225 g/mol. The van der Waals surface area contributed by atoms with Crippen LogP contribution in [0.3, 0.4) is 0 Å². The summed E-state index contributed by atoms with van der Waals surface area (Å²) in [6, 6.07) is 3.41. The summed E-state index contributed by atoms with van der Waals surface area (Å²) in [4.78, 5) is 12.0. The molecule has 0 aliphatic carbocycles. The van der Waals surface area contributed by atoms with Gasteiger partial charge in [-0.05, 0) is 38.1 Å². The number of Topliss-reactive ketones (excluding diaryl/α,β-unsaturated/α-hetero) is 1. The molecule has 2 unspecified atom stereocenters. The zero-order chi connectivity index (χ0) is 11.7. The molecule has 1 fully saturated rings. The molecule has 2 atom stereocenters. The van der Waals surface area contributed by atoms with Crippen LogP contribution in [0.4, 0.5) is 8.78 Å². The summed E-state index contributed by atoms with van der Waals surface area (Å²) in [6.07, 6.45) is 0.749. The van der Waals surface area contributed by atoms with Crippen molar-refractivity contribution in [1.82, 2.24) is 5.32 Å². The molecule has 1 aliphatic heterocycles. The summed E-state index contributed by atoms with van der Waals surface area (Å²) in [5.41, 5.74) is 0.249. The highest BCUT2D eigenvalue weighted by Crippen LogP contribution is 2.21. The fraction of sp³-hybridized carbons (Fsp3) is 0.417. The number of rotatable bonds is 2. The maximum atomic E-state index is 13.0. The van der Waals surface area contributed by atoms with Crippen molar-refractivity contribution in [2.24, 2.45) is 5.92 Å². The molecule has 0 saturated carbocycles. The highest BCUT2D eigenvalue weighted by molar-refractivity contribution is 5.98. The standard InChI is InChI=1S/C12H13F2NO/c1-7-9(4-5-15-7)12(16)8-2-3-10(13)11(14)6-8/h2-3,6-7,9,15H,4-5H2,1H3. The van der Waals surface area contributed by atoms with E-state index in [0.29, 0.717) is 0 Å². The zero-order valence-corrected chi connectivity index (χ0v) is 8.97. The lowest BCUT2D eigenvalue weighted by molar-refractivity contribution is 0.0913. The lowest BCUT2D eigenvalue weighted by Gasteiger charge is -2.13. The molecule has 1 aromatic rings. The van der Waals surface area contributed by atoms with Crippen molar-refractivity contribution in [2.45, 2.75) is 19.4 Å². The third-order valence-corrected chi connectivity index (χ3v) is 3.07. The van der Waals surface area contributed by atoms with Crippen LogP contribution >= 0.6 is 0 Å². The average Bonchev–Trinajstić information content (AvgIpc) is 2.67. The van der Waals surface area contributed by atoms with E-state index < -0.39 is 11.6 Å². The molecule has 0 aromatic heterocycles. The Balaban J connectivity index is 2.23. The van der Waals surface area contributed by atoms with E-state index in [2.05, 4.69) is 5.32 Å². The predicted molar refractivity (Wildman–Crippen MR) is 56.3 cm³/mol. The molecule has 16 heavy (non-hydrogen) atoms. The predicted octanol–water partition coefficient (Wildman–Crippen LogP) is 2.15. The van der Waals surface area contributed by atoms with Crippen LogP contribution in [-0.4, -0.2) is 18.4 Å². The summed E-state index contributed by atoms with van der Waals surface area (Å²) in [5.74, 6) is -2.14. The highest BCUT2D eigenvalue weighted by Gasteiger charge is 2.30. The Morgan fingerprint density at radius 2 is 2.12 bits per heavy atom. The fourth-order valence-corrected chi connectivity index (χ4v) is 2.08. The van der Waals surface area contributed by atoms with Crippen LogP contribution < -0.4 is 5.32 Å². The lowest BCUT2D eigenvalue weighted by Crippen LogP contribution is -2.28. The van der Waals surface area contributed by atoms with Gasteiger partial charge in [-0.3, -0.25) is 4.79 Å². The Bertz CT molecular complexity index is 419. The van der Waals surface area contributed by atoms with Gasteiger partial charge in [0.1, 0.15) is 0 Å². The molecule has 1 saturated heterocycles. The largest absolute Gasteiger partial charge is 0.313 e. The van der Waals surface area contributed by atoms with E-state index in [1.165, 1.54) is 6.07 Å². The lowest BCUT2D eigenvalue weighted by atomic mass is 9.92. The van der Waals surface area contributed by atoms with E-state index in [1.807, 2.05) is 6.92 Å². The van der Waals surface area contributed by atoms with Crippen molar-refractivity contribution < 1.29 is 13.6 Å². The maximum Gasteiger partial charge on any atom is 0.167 e. The van der Waals surface area contributed by atoms with Gasteiger partial charge in [0.2, 0.25) is 0 Å². The Kier molecular flexibility index (Phi) is 3.01. The van der Waals surface area contributed by atoms with Crippen molar-refractivity contribution >= 4 is 5.78 Å². The molecule has 1 N–H and O–H groups in total. The summed E-state index contributed by atoms with van der Waals surface area (Å²) < 4.78 is 25.7. The molecule has 1 aliphatic rings. The maximum absolute atomic E-state index is 13.0. The van der Waals surface area contributed by atoms with E-state index in [1.54, 1.807) is 0 Å². The normalized spacial score (nSPS) is 24.7. The van der Waals surface area contributed by atoms with Gasteiger partial charge in [0, 0.05) is 17.5 Å². The molecular weight excluding hydrogens is 212 g/mol. The van der Waals surface area contributed by atoms with Crippen molar-refractivity contribution in [2.75, 3.05) is 6.54 Å². The number of carbonyl (C=O) groups excluding carboxylic acids is 1. The van der Waals surface area contributed by atoms with Gasteiger partial charge < -0.3 is 5.32 Å². The molecule has 86 valence electrons. The number of benzene rings is 1. The first-order valence-corrected chi connectivity index (χ1v) is 5.32. The quantitative estimate of drug-likeness (QED) is 0.781. The van der Waals surface area contributed by atoms with Crippen molar-refractivity contribution in [3.63, 3.8) is 0 Å². The fourth-order valence-electron chi connectivity index (χ4n) is 2.08. The van der Waals surface area contributed by atoms with Crippen LogP contribution in [0.15, 0.2) is 18.2 Å². The van der Waals surface area contributed by atoms with E-state index in [4.69, 9.17) is 0 Å². The second kappa shape index (κ2) is 4.29. The molecule has 2 rings (SSSR count). The number of nitrogens with one attached hydrogen (secondary N) is 1. The molecule has 2 nitrogen and oxygen atoms in total. The van der Waals surface area contributed by atoms with Gasteiger partial charge in [-0.25, -0.2) is 8.78 Å². The second-order valence-corrected chi connectivity index (χ2v) is 4.13. The molecule has 0 amide bonds. The van der Waals surface area contributed by atoms with Gasteiger partial charge in [-0.1, -0.05) is 0 Å². The van der Waals surface area contributed by atoms with E-state index in [-0.39, 0.29) is 23.3 Å². The molecule has 0 bridgehead atoms. The number of halogens is 2. The summed E-state index contributed by atoms with van der Waals surface area (Å²) >= 11 is 0. The smallest absolute Gasteiger partial charge is 0.167 e. The van der Waals surface area contributed by atoms with Crippen molar-refractivity contribution in [1.29, 1.82) is 0 Å². The van der Waals surface area contributed by atoms with Gasteiger partial charge in [0.05, 0.1) is 0 Å². The van der Waals surface area contributed by atoms with E-state index >= 15 is 0 Å². The average molecular weight is 225 g/mol. The molecule has 0 radical (unpaired) electrons. The Morgan fingerprint density at radius 1 is 1.38 bits per heavy atom. The first-order chi connectivity index (χ1) is 7.59. The molecular formula is C12H13F2NO. The number of hydrogen-bond acceptors (Lipinski definition) is 2. The third-order valence-electron chi connectivity index (χ3n) is 3.07. The Labute approximate surface area is 92.7 Å². The topological polar surface area (TPSA) is 29.1 Å². The van der Waals surface area contributed by atoms with Crippen LogP contribution in [0.1, 0.15) is 23.7 Å². The van der Waals surface area contributed by atoms with Gasteiger partial charge in [0.15, 0.2) is 17.4 Å². The minimum Gasteiger partial charge on any atom is -0.313 e. The summed E-state index contributed by atoms with van der Waals surface area (Å²) in [5, 5.41) is 3.16. The first kappa shape index (κ1) is 11.2. The number of carbonyl (C=O) groups is 1. The van der Waals surface area contributed by atoms with Crippen LogP contribution in [0.25, 0.3) is 0 Å². The van der Waals surface area contributed by atoms with Crippen molar-refractivity contribution in [3.8, 4) is 0 Å². The van der Waals surface area contributed by atoms with Gasteiger partial charge in [-0.15, -0.1) is 0 Å². The van der Waals surface area contributed by atoms with Crippen LogP contribution in [0, 0.1) is 17.6 Å². The molecule has 1 aromatic carbocycles. The van der Waals surface area contributed by atoms with Gasteiger partial charge in [-0.2, -0.15) is 0 Å². The van der Waals surface area contributed by atoms with E-state index in [0.717, 1.165) is 25.1 Å².